The van der Waals surface area contributed by atoms with Crippen LogP contribution in [-0.4, -0.2) is 35.3 Å². The van der Waals surface area contributed by atoms with Crippen LogP contribution >= 0.6 is 11.5 Å². The number of rotatable bonds is 5. The lowest BCUT2D eigenvalue weighted by atomic mass is 10.1. The van der Waals surface area contributed by atoms with Crippen molar-refractivity contribution in [3.63, 3.8) is 0 Å². The van der Waals surface area contributed by atoms with Crippen LogP contribution in [0.1, 0.15) is 11.3 Å². The Bertz CT molecular complexity index is 1310. The summed E-state index contributed by atoms with van der Waals surface area (Å²) in [5, 5.41) is 8.41. The summed E-state index contributed by atoms with van der Waals surface area (Å²) >= 11 is 1.57. The normalized spacial score (nSPS) is 16.1. The third kappa shape index (κ3) is 4.19. The van der Waals surface area contributed by atoms with E-state index in [0.717, 1.165) is 22.2 Å². The predicted molar refractivity (Wildman–Crippen MR) is 123 cm³/mol. The summed E-state index contributed by atoms with van der Waals surface area (Å²) in [4.78, 5) is 17.5. The van der Waals surface area contributed by atoms with Crippen LogP contribution in [0, 0.1) is 6.92 Å². The molecule has 0 amide bonds. The third-order valence-electron chi connectivity index (χ3n) is 5.47. The summed E-state index contributed by atoms with van der Waals surface area (Å²) in [6, 6.07) is 16.1. The van der Waals surface area contributed by atoms with Crippen molar-refractivity contribution < 1.29 is 8.69 Å². The van der Waals surface area contributed by atoms with Gasteiger partial charge in [-0.15, -0.1) is 3.96 Å². The Labute approximate surface area is 184 Å². The van der Waals surface area contributed by atoms with Crippen molar-refractivity contribution in [2.24, 2.45) is 4.99 Å². The van der Waals surface area contributed by atoms with Gasteiger partial charge < -0.3 is 4.74 Å². The van der Waals surface area contributed by atoms with Crippen LogP contribution in [0.3, 0.4) is 0 Å². The minimum Gasteiger partial charge on any atom is -0.370 e. The summed E-state index contributed by atoms with van der Waals surface area (Å²) in [6.45, 7) is 3.60. The zero-order chi connectivity index (χ0) is 21.2. The molecular formula is C24H23N4O2S+. The first kappa shape index (κ1) is 19.8. The number of hydrogen-bond acceptors (Lipinski definition) is 5. The molecule has 0 saturated carbocycles. The van der Waals surface area contributed by atoms with E-state index in [1.165, 1.54) is 5.56 Å². The molecule has 31 heavy (non-hydrogen) atoms. The number of ether oxygens (including phenoxy) is 1. The molecule has 2 aromatic heterocycles. The number of fused-ring (bicyclic) bond motifs is 1. The van der Waals surface area contributed by atoms with Gasteiger partial charge in [-0.2, -0.15) is 9.78 Å². The van der Waals surface area contributed by atoms with E-state index in [2.05, 4.69) is 47.8 Å². The number of nitrogens with zero attached hydrogens (tertiary/aromatic N) is 4. The van der Waals surface area contributed by atoms with Crippen LogP contribution < -0.4 is 9.52 Å². The zero-order valence-electron chi connectivity index (χ0n) is 17.3. The first-order valence-electron chi connectivity index (χ1n) is 10.3. The van der Waals surface area contributed by atoms with Gasteiger partial charge in [-0.1, -0.05) is 48.0 Å². The molecule has 7 heteroatoms. The fourth-order valence-corrected chi connectivity index (χ4v) is 4.60. The Morgan fingerprint density at radius 3 is 2.71 bits per heavy atom. The van der Waals surface area contributed by atoms with E-state index in [4.69, 9.17) is 9.84 Å². The Hall–Kier alpha value is -3.16. The molecule has 0 N–H and O–H groups in total. The maximum Gasteiger partial charge on any atom is 0.280 e. The molecule has 1 atom stereocenters. The lowest BCUT2D eigenvalue weighted by Gasteiger charge is -2.18. The quantitative estimate of drug-likeness (QED) is 0.456. The highest BCUT2D eigenvalue weighted by atomic mass is 32.1. The van der Waals surface area contributed by atoms with Gasteiger partial charge >= 0.3 is 0 Å². The Morgan fingerprint density at radius 1 is 1.13 bits per heavy atom. The summed E-state index contributed by atoms with van der Waals surface area (Å²) in [7, 11) is 0. The minimum absolute atomic E-state index is 0.0191. The average Bonchev–Trinajstić information content (AvgIpc) is 3.27. The predicted octanol–water partition coefficient (Wildman–Crippen LogP) is 3.24. The third-order valence-corrected chi connectivity index (χ3v) is 6.32. The van der Waals surface area contributed by atoms with Crippen LogP contribution in [-0.2, 0) is 17.8 Å². The molecule has 2 aromatic carbocycles. The van der Waals surface area contributed by atoms with Gasteiger partial charge in [0.2, 0.25) is 0 Å². The average molecular weight is 432 g/mol. The number of aryl methyl sites for hydroxylation is 1. The van der Waals surface area contributed by atoms with E-state index >= 15 is 0 Å². The number of aromatic nitrogens is 3. The smallest absolute Gasteiger partial charge is 0.280 e. The minimum atomic E-state index is -0.0836. The van der Waals surface area contributed by atoms with Crippen molar-refractivity contribution in [3.8, 4) is 11.1 Å². The second-order valence-electron chi connectivity index (χ2n) is 7.74. The van der Waals surface area contributed by atoms with E-state index in [0.29, 0.717) is 31.6 Å². The first-order chi connectivity index (χ1) is 15.2. The van der Waals surface area contributed by atoms with Gasteiger partial charge in [0.25, 0.3) is 12.2 Å². The Balaban J connectivity index is 1.48. The largest absolute Gasteiger partial charge is 0.370 e. The maximum absolute atomic E-state index is 13.1. The van der Waals surface area contributed by atoms with Gasteiger partial charge in [0, 0.05) is 18.0 Å². The lowest BCUT2D eigenvalue weighted by Crippen LogP contribution is -2.40. The SMILES string of the molecule is Cc1ccc(-c2cs[n+](Cn3nc(CC4CN=CCO4)c4ccccc4c3=O)c2)cc1. The second kappa shape index (κ2) is 8.53. The molecule has 5 rings (SSSR count). The van der Waals surface area contributed by atoms with Crippen LogP contribution in [0.25, 0.3) is 21.9 Å². The Kier molecular flexibility index (Phi) is 5.44. The van der Waals surface area contributed by atoms with Crippen LogP contribution in [0.4, 0.5) is 0 Å². The van der Waals surface area contributed by atoms with Gasteiger partial charge in [0.1, 0.15) is 11.5 Å². The summed E-state index contributed by atoms with van der Waals surface area (Å²) in [5.41, 5.74) is 4.31. The van der Waals surface area contributed by atoms with Gasteiger partial charge in [-0.3, -0.25) is 9.79 Å². The number of aliphatic imine (C=N–C) groups is 1. The van der Waals surface area contributed by atoms with Crippen molar-refractivity contribution in [2.45, 2.75) is 26.1 Å². The monoisotopic (exact) mass is 431 g/mol. The molecular weight excluding hydrogens is 408 g/mol. The molecule has 0 radical (unpaired) electrons. The second-order valence-corrected chi connectivity index (χ2v) is 8.65. The van der Waals surface area contributed by atoms with Crippen molar-refractivity contribution in [3.05, 3.63) is 81.7 Å². The topological polar surface area (TPSA) is 60.4 Å². The Morgan fingerprint density at radius 2 is 1.94 bits per heavy atom. The van der Waals surface area contributed by atoms with Gasteiger partial charge in [0.05, 0.1) is 41.3 Å². The van der Waals surface area contributed by atoms with E-state index in [1.54, 1.807) is 22.4 Å². The molecule has 0 fully saturated rings. The molecule has 6 nitrogen and oxygen atoms in total. The molecule has 1 aliphatic rings. The maximum atomic E-state index is 13.1. The molecule has 0 bridgehead atoms. The molecule has 4 aromatic rings. The number of benzene rings is 2. The van der Waals surface area contributed by atoms with Crippen molar-refractivity contribution in [2.75, 3.05) is 13.2 Å². The van der Waals surface area contributed by atoms with E-state index in [1.807, 2.05) is 28.2 Å². The molecule has 0 spiro atoms. The van der Waals surface area contributed by atoms with E-state index < -0.39 is 0 Å². The summed E-state index contributed by atoms with van der Waals surface area (Å²) in [5.74, 6) is 0. The lowest BCUT2D eigenvalue weighted by molar-refractivity contribution is -0.635. The van der Waals surface area contributed by atoms with Crippen LogP contribution in [0.15, 0.2) is 69.9 Å². The molecule has 0 aliphatic carbocycles. The van der Waals surface area contributed by atoms with Gasteiger partial charge in [0.15, 0.2) is 6.20 Å². The van der Waals surface area contributed by atoms with E-state index in [-0.39, 0.29) is 11.7 Å². The molecule has 3 heterocycles. The molecule has 1 aliphatic heterocycles. The van der Waals surface area contributed by atoms with Crippen molar-refractivity contribution >= 4 is 28.5 Å². The summed E-state index contributed by atoms with van der Waals surface area (Å²) in [6.07, 6.45) is 4.47. The van der Waals surface area contributed by atoms with Crippen molar-refractivity contribution in [1.82, 2.24) is 9.78 Å². The van der Waals surface area contributed by atoms with Crippen LogP contribution in [0.5, 0.6) is 0 Å². The standard InChI is InChI=1S/C24H23N4O2S/c1-17-6-8-18(9-7-17)19-14-27(31-15-19)16-28-24(29)22-5-3-2-4-21(22)23(26-28)12-20-13-25-10-11-30-20/h2-10,14-15,20H,11-13,16H2,1H3/q+1. The van der Waals surface area contributed by atoms with Gasteiger partial charge in [-0.25, -0.2) is 0 Å². The number of hydrogen-bond donors (Lipinski definition) is 0. The van der Waals surface area contributed by atoms with Gasteiger partial charge in [-0.05, 0) is 18.6 Å². The highest BCUT2D eigenvalue weighted by molar-refractivity contribution is 6.99. The highest BCUT2D eigenvalue weighted by Crippen LogP contribution is 2.20. The fourth-order valence-electron chi connectivity index (χ4n) is 3.80. The van der Waals surface area contributed by atoms with Crippen LogP contribution in [0.2, 0.25) is 0 Å². The fraction of sp³-hybridized carbons (Fsp3) is 0.250. The van der Waals surface area contributed by atoms with Crippen molar-refractivity contribution in [1.29, 1.82) is 0 Å². The summed E-state index contributed by atoms with van der Waals surface area (Å²) < 4.78 is 9.39. The first-order valence-corrected chi connectivity index (χ1v) is 11.1. The van der Waals surface area contributed by atoms with E-state index in [9.17, 15) is 4.79 Å². The molecule has 156 valence electrons. The zero-order valence-corrected chi connectivity index (χ0v) is 18.1. The molecule has 0 saturated heterocycles. The highest BCUT2D eigenvalue weighted by Gasteiger charge is 2.19. The molecule has 1 unspecified atom stereocenters.